The maximum atomic E-state index is 7.12. The Morgan fingerprint density at radius 1 is 0.358 bits per heavy atom. The van der Waals surface area contributed by atoms with Gasteiger partial charge in [-0.05, 0) is 102 Å². The molecule has 0 aromatic heterocycles. The Labute approximate surface area is 321 Å². The van der Waals surface area contributed by atoms with Crippen molar-refractivity contribution in [1.29, 1.82) is 0 Å². The summed E-state index contributed by atoms with van der Waals surface area (Å²) in [5.74, 6) is 0. The summed E-state index contributed by atoms with van der Waals surface area (Å²) in [5.41, 5.74) is 13.5. The van der Waals surface area contributed by atoms with Crippen molar-refractivity contribution < 1.29 is 0 Å². The standard InChI is InChI=1S/C50H47ClN2/c1-36-17-13-15-23-47(36)52(43-29-25-40(26-30-43)49(3,4)38-19-9-7-10-20-38)45-33-42(51)34-46(35-45)53(48-24-16-14-18-37(48)2)44-31-27-41(28-32-44)50(5,6)39-21-11-8-12-22-39/h7-35H,1-6H3. The van der Waals surface area contributed by atoms with Crippen LogP contribution in [0.25, 0.3) is 0 Å². The minimum atomic E-state index is -0.142. The third kappa shape index (κ3) is 7.25. The average Bonchev–Trinajstić information content (AvgIpc) is 3.17. The van der Waals surface area contributed by atoms with Gasteiger partial charge in [-0.15, -0.1) is 0 Å². The predicted molar refractivity (Wildman–Crippen MR) is 227 cm³/mol. The Morgan fingerprint density at radius 2 is 0.679 bits per heavy atom. The largest absolute Gasteiger partial charge is 0.310 e. The van der Waals surface area contributed by atoms with E-state index in [1.165, 1.54) is 33.4 Å². The molecule has 0 aliphatic carbocycles. The second-order valence-corrected chi connectivity index (χ2v) is 15.4. The lowest BCUT2D eigenvalue weighted by Crippen LogP contribution is -2.19. The summed E-state index contributed by atoms with van der Waals surface area (Å²) >= 11 is 7.12. The lowest BCUT2D eigenvalue weighted by atomic mass is 9.78. The minimum absolute atomic E-state index is 0.142. The monoisotopic (exact) mass is 710 g/mol. The van der Waals surface area contributed by atoms with Crippen molar-refractivity contribution in [3.63, 3.8) is 0 Å². The molecule has 0 bridgehead atoms. The van der Waals surface area contributed by atoms with Crippen molar-refractivity contribution in [1.82, 2.24) is 0 Å². The van der Waals surface area contributed by atoms with Crippen LogP contribution < -0.4 is 9.80 Å². The third-order valence-electron chi connectivity index (χ3n) is 10.8. The first-order valence-corrected chi connectivity index (χ1v) is 18.8. The summed E-state index contributed by atoms with van der Waals surface area (Å²) < 4.78 is 0. The van der Waals surface area contributed by atoms with Crippen LogP contribution in [0.3, 0.4) is 0 Å². The first-order chi connectivity index (χ1) is 25.5. The van der Waals surface area contributed by atoms with E-state index in [0.29, 0.717) is 5.02 Å². The quantitative estimate of drug-likeness (QED) is 0.139. The van der Waals surface area contributed by atoms with Crippen molar-refractivity contribution in [2.24, 2.45) is 0 Å². The molecule has 7 aromatic rings. The average molecular weight is 711 g/mol. The molecule has 0 atom stereocenters. The van der Waals surface area contributed by atoms with Crippen LogP contribution in [0.2, 0.25) is 5.02 Å². The van der Waals surface area contributed by atoms with Gasteiger partial charge in [-0.25, -0.2) is 0 Å². The highest BCUT2D eigenvalue weighted by Gasteiger charge is 2.26. The minimum Gasteiger partial charge on any atom is -0.310 e. The molecular weight excluding hydrogens is 664 g/mol. The zero-order valence-corrected chi connectivity index (χ0v) is 32.3. The fourth-order valence-electron chi connectivity index (χ4n) is 7.40. The molecule has 2 nitrogen and oxygen atoms in total. The van der Waals surface area contributed by atoms with Gasteiger partial charge in [0.25, 0.3) is 0 Å². The number of nitrogens with zero attached hydrogens (tertiary/aromatic N) is 2. The number of hydrogen-bond donors (Lipinski definition) is 0. The van der Waals surface area contributed by atoms with Gasteiger partial charge < -0.3 is 9.80 Å². The molecule has 3 heteroatoms. The molecule has 0 saturated heterocycles. The van der Waals surface area contributed by atoms with E-state index in [1.807, 2.05) is 0 Å². The number of benzene rings is 7. The Bertz CT molecular complexity index is 2150. The number of aryl methyl sites for hydroxylation is 2. The molecule has 0 fully saturated rings. The van der Waals surface area contributed by atoms with Crippen LogP contribution in [0.4, 0.5) is 34.1 Å². The van der Waals surface area contributed by atoms with Crippen molar-refractivity contribution in [3.8, 4) is 0 Å². The van der Waals surface area contributed by atoms with Crippen molar-refractivity contribution in [2.75, 3.05) is 9.80 Å². The molecule has 7 aromatic carbocycles. The van der Waals surface area contributed by atoms with E-state index in [9.17, 15) is 0 Å². The lowest BCUT2D eigenvalue weighted by Gasteiger charge is -2.32. The Balaban J connectivity index is 1.34. The summed E-state index contributed by atoms with van der Waals surface area (Å²) in [4.78, 5) is 4.65. The number of hydrogen-bond acceptors (Lipinski definition) is 2. The number of rotatable bonds is 10. The molecule has 0 saturated carbocycles. The molecule has 0 aliphatic heterocycles. The van der Waals surface area contributed by atoms with Crippen LogP contribution in [-0.2, 0) is 10.8 Å². The van der Waals surface area contributed by atoms with Gasteiger partial charge in [0, 0.05) is 50.0 Å². The molecule has 53 heavy (non-hydrogen) atoms. The molecule has 7 rings (SSSR count). The second-order valence-electron chi connectivity index (χ2n) is 15.0. The molecule has 0 N–H and O–H groups in total. The SMILES string of the molecule is Cc1ccccc1N(c1ccc(C(C)(C)c2ccccc2)cc1)c1cc(Cl)cc(N(c2ccc(C(C)(C)c3ccccc3)cc2)c2ccccc2C)c1. The second kappa shape index (κ2) is 14.8. The Hall–Kier alpha value is -5.57. The number of para-hydroxylation sites is 2. The molecule has 0 aliphatic rings. The van der Waals surface area contributed by atoms with E-state index in [0.717, 1.165) is 34.1 Å². The summed E-state index contributed by atoms with van der Waals surface area (Å²) in [6.07, 6.45) is 0. The van der Waals surface area contributed by atoms with Gasteiger partial charge >= 0.3 is 0 Å². The molecule has 0 amide bonds. The highest BCUT2D eigenvalue weighted by molar-refractivity contribution is 6.31. The summed E-state index contributed by atoms with van der Waals surface area (Å²) in [6, 6.07) is 62.9. The first kappa shape index (κ1) is 35.8. The maximum Gasteiger partial charge on any atom is 0.0497 e. The maximum absolute atomic E-state index is 7.12. The van der Waals surface area contributed by atoms with Crippen molar-refractivity contribution in [2.45, 2.75) is 52.4 Å². The molecule has 0 heterocycles. The lowest BCUT2D eigenvalue weighted by molar-refractivity contribution is 0.641. The van der Waals surface area contributed by atoms with E-state index < -0.39 is 0 Å². The van der Waals surface area contributed by atoms with Gasteiger partial charge in [0.1, 0.15) is 0 Å². The van der Waals surface area contributed by atoms with Gasteiger partial charge in [-0.2, -0.15) is 0 Å². The first-order valence-electron chi connectivity index (χ1n) is 18.4. The molecule has 264 valence electrons. The van der Waals surface area contributed by atoms with E-state index in [-0.39, 0.29) is 10.8 Å². The van der Waals surface area contributed by atoms with Crippen LogP contribution in [0.1, 0.15) is 61.1 Å². The molecule has 0 unspecified atom stereocenters. The van der Waals surface area contributed by atoms with E-state index >= 15 is 0 Å². The predicted octanol–water partition coefficient (Wildman–Crippen LogP) is 14.5. The summed E-state index contributed by atoms with van der Waals surface area (Å²) in [5, 5.41) is 0.665. The van der Waals surface area contributed by atoms with Gasteiger partial charge in [0.2, 0.25) is 0 Å². The zero-order valence-electron chi connectivity index (χ0n) is 31.5. The van der Waals surface area contributed by atoms with Gasteiger partial charge in [0.05, 0.1) is 0 Å². The highest BCUT2D eigenvalue weighted by atomic mass is 35.5. The topological polar surface area (TPSA) is 6.48 Å². The fraction of sp³-hybridized carbons (Fsp3) is 0.160. The van der Waals surface area contributed by atoms with Crippen LogP contribution in [-0.4, -0.2) is 0 Å². The number of anilines is 6. The van der Waals surface area contributed by atoms with Crippen molar-refractivity contribution >= 4 is 45.7 Å². The fourth-order valence-corrected chi connectivity index (χ4v) is 7.62. The number of halogens is 1. The van der Waals surface area contributed by atoms with E-state index in [1.54, 1.807) is 0 Å². The van der Waals surface area contributed by atoms with Gasteiger partial charge in [0.15, 0.2) is 0 Å². The van der Waals surface area contributed by atoms with Gasteiger partial charge in [-0.1, -0.05) is 161 Å². The molecular formula is C50H47ClN2. The molecule has 0 spiro atoms. The van der Waals surface area contributed by atoms with Crippen LogP contribution in [0.15, 0.2) is 176 Å². The highest BCUT2D eigenvalue weighted by Crippen LogP contribution is 2.45. The van der Waals surface area contributed by atoms with E-state index in [2.05, 4.69) is 227 Å². The van der Waals surface area contributed by atoms with Crippen LogP contribution >= 0.6 is 11.6 Å². The summed E-state index contributed by atoms with van der Waals surface area (Å²) in [7, 11) is 0. The van der Waals surface area contributed by atoms with Gasteiger partial charge in [-0.3, -0.25) is 0 Å². The van der Waals surface area contributed by atoms with E-state index in [4.69, 9.17) is 11.6 Å². The summed E-state index contributed by atoms with van der Waals surface area (Å²) in [6.45, 7) is 13.5. The Kier molecular flexibility index (Phi) is 10.0. The molecule has 0 radical (unpaired) electrons. The normalized spacial score (nSPS) is 11.7. The van der Waals surface area contributed by atoms with Crippen molar-refractivity contribution in [3.05, 3.63) is 214 Å². The van der Waals surface area contributed by atoms with Crippen LogP contribution in [0.5, 0.6) is 0 Å². The van der Waals surface area contributed by atoms with Crippen LogP contribution in [0, 0.1) is 13.8 Å². The Morgan fingerprint density at radius 3 is 1.04 bits per heavy atom. The zero-order chi connectivity index (χ0) is 37.2. The third-order valence-corrected chi connectivity index (χ3v) is 11.0. The smallest absolute Gasteiger partial charge is 0.0497 e.